The summed E-state index contributed by atoms with van der Waals surface area (Å²) in [5.41, 5.74) is 0.822. The van der Waals surface area contributed by atoms with E-state index in [9.17, 15) is 9.59 Å². The van der Waals surface area contributed by atoms with E-state index in [1.54, 1.807) is 18.0 Å². The fourth-order valence-electron chi connectivity index (χ4n) is 3.30. The second-order valence-corrected chi connectivity index (χ2v) is 4.95. The molecule has 74 valence electrons. The monoisotopic (exact) mass is 191 g/mol. The summed E-state index contributed by atoms with van der Waals surface area (Å²) in [6.45, 7) is 2.03. The molecule has 3 nitrogen and oxygen atoms in total. The van der Waals surface area contributed by atoms with E-state index in [0.717, 1.165) is 18.5 Å². The van der Waals surface area contributed by atoms with Gasteiger partial charge in [-0.2, -0.15) is 0 Å². The van der Waals surface area contributed by atoms with E-state index in [2.05, 4.69) is 0 Å². The van der Waals surface area contributed by atoms with Gasteiger partial charge in [0.25, 0.3) is 0 Å². The number of ketones is 1. The molecule has 1 aliphatic heterocycles. The highest BCUT2D eigenvalue weighted by molar-refractivity contribution is 5.99. The van der Waals surface area contributed by atoms with E-state index in [-0.39, 0.29) is 22.5 Å². The Labute approximate surface area is 82.8 Å². The topological polar surface area (TPSA) is 37.4 Å². The molecule has 0 radical (unpaired) electrons. The molecule has 2 atom stereocenters. The average Bonchev–Trinajstić information content (AvgIpc) is 2.71. The molecule has 0 aromatic rings. The maximum atomic E-state index is 11.9. The number of nitrogens with zero attached hydrogens (tertiary/aromatic N) is 1. The lowest BCUT2D eigenvalue weighted by molar-refractivity contribution is -0.131. The highest BCUT2D eigenvalue weighted by atomic mass is 16.2. The van der Waals surface area contributed by atoms with Crippen molar-refractivity contribution in [1.29, 1.82) is 0 Å². The van der Waals surface area contributed by atoms with Gasteiger partial charge in [-0.3, -0.25) is 9.59 Å². The summed E-state index contributed by atoms with van der Waals surface area (Å²) < 4.78 is 0. The summed E-state index contributed by atoms with van der Waals surface area (Å²) in [4.78, 5) is 24.9. The van der Waals surface area contributed by atoms with Crippen molar-refractivity contribution >= 4 is 11.7 Å². The van der Waals surface area contributed by atoms with Gasteiger partial charge >= 0.3 is 0 Å². The summed E-state index contributed by atoms with van der Waals surface area (Å²) in [5.74, 6) is 0.361. The molecule has 0 aromatic carbocycles. The van der Waals surface area contributed by atoms with E-state index in [1.807, 2.05) is 6.92 Å². The lowest BCUT2D eigenvalue weighted by atomic mass is 9.85. The molecule has 2 aliphatic carbocycles. The lowest BCUT2D eigenvalue weighted by Crippen LogP contribution is -2.26. The van der Waals surface area contributed by atoms with Gasteiger partial charge < -0.3 is 4.90 Å². The Kier molecular flexibility index (Phi) is 1.14. The van der Waals surface area contributed by atoms with Crippen LogP contribution >= 0.6 is 0 Å². The molecule has 3 aliphatic rings. The minimum absolute atomic E-state index is 0.0345. The number of carbonyl (C=O) groups excluding carboxylic acids is 2. The molecule has 0 N–H and O–H groups in total. The van der Waals surface area contributed by atoms with Crippen LogP contribution in [0.5, 0.6) is 0 Å². The molecule has 3 heteroatoms. The minimum Gasteiger partial charge on any atom is -0.318 e. The van der Waals surface area contributed by atoms with Crippen molar-refractivity contribution in [2.45, 2.75) is 26.2 Å². The quantitative estimate of drug-likeness (QED) is 0.575. The first kappa shape index (κ1) is 8.21. The standard InChI is InChI=1S/C11H13NO2/c1-10-6-11(10)4-3-7(13)5-8(11)12(2)9(10)14/h5H,3-4,6H2,1-2H3. The average molecular weight is 191 g/mol. The largest absolute Gasteiger partial charge is 0.318 e. The first-order valence-corrected chi connectivity index (χ1v) is 5.04. The molecule has 1 amide bonds. The molecular weight excluding hydrogens is 178 g/mol. The minimum atomic E-state index is -0.186. The SMILES string of the molecule is CN1C(=O)C2(C)CC23CCC(=O)C=C13. The Hall–Kier alpha value is -1.12. The van der Waals surface area contributed by atoms with Crippen molar-refractivity contribution < 1.29 is 9.59 Å². The Bertz CT molecular complexity index is 398. The summed E-state index contributed by atoms with van der Waals surface area (Å²) in [7, 11) is 1.78. The molecule has 1 saturated heterocycles. The Morgan fingerprint density at radius 1 is 1.43 bits per heavy atom. The van der Waals surface area contributed by atoms with Gasteiger partial charge in [-0.25, -0.2) is 0 Å². The van der Waals surface area contributed by atoms with Crippen molar-refractivity contribution in [3.63, 3.8) is 0 Å². The zero-order valence-corrected chi connectivity index (χ0v) is 8.46. The molecule has 14 heavy (non-hydrogen) atoms. The third kappa shape index (κ3) is 0.606. The number of rotatable bonds is 0. The van der Waals surface area contributed by atoms with Crippen molar-refractivity contribution in [3.8, 4) is 0 Å². The first-order chi connectivity index (χ1) is 6.51. The Balaban J connectivity index is 2.17. The van der Waals surface area contributed by atoms with Crippen molar-refractivity contribution in [1.82, 2.24) is 4.90 Å². The van der Waals surface area contributed by atoms with Gasteiger partial charge in [0, 0.05) is 30.7 Å². The van der Waals surface area contributed by atoms with Gasteiger partial charge in [0.2, 0.25) is 5.91 Å². The lowest BCUT2D eigenvalue weighted by Gasteiger charge is -2.23. The van der Waals surface area contributed by atoms with Crippen LogP contribution in [0.1, 0.15) is 26.2 Å². The number of allylic oxidation sites excluding steroid dienone is 2. The van der Waals surface area contributed by atoms with E-state index >= 15 is 0 Å². The van der Waals surface area contributed by atoms with Crippen LogP contribution in [0.2, 0.25) is 0 Å². The van der Waals surface area contributed by atoms with Crippen LogP contribution in [0.25, 0.3) is 0 Å². The van der Waals surface area contributed by atoms with Gasteiger partial charge in [-0.05, 0) is 19.8 Å². The van der Waals surface area contributed by atoms with Gasteiger partial charge in [0.15, 0.2) is 5.78 Å². The molecule has 1 spiro atoms. The van der Waals surface area contributed by atoms with Gasteiger partial charge in [-0.1, -0.05) is 0 Å². The van der Waals surface area contributed by atoms with E-state index in [4.69, 9.17) is 0 Å². The molecule has 3 rings (SSSR count). The zero-order chi connectivity index (χ0) is 10.1. The smallest absolute Gasteiger partial charge is 0.233 e. The third-order valence-corrected chi connectivity index (χ3v) is 4.31. The molecule has 1 heterocycles. The first-order valence-electron chi connectivity index (χ1n) is 5.04. The number of hydrogen-bond acceptors (Lipinski definition) is 2. The van der Waals surface area contributed by atoms with E-state index in [1.165, 1.54) is 0 Å². The van der Waals surface area contributed by atoms with Crippen LogP contribution < -0.4 is 0 Å². The Morgan fingerprint density at radius 3 is 2.86 bits per heavy atom. The second-order valence-electron chi connectivity index (χ2n) is 4.95. The molecule has 2 unspecified atom stereocenters. The predicted molar refractivity (Wildman–Crippen MR) is 50.3 cm³/mol. The van der Waals surface area contributed by atoms with Crippen LogP contribution in [-0.2, 0) is 9.59 Å². The van der Waals surface area contributed by atoms with Crippen molar-refractivity contribution in [2.24, 2.45) is 10.8 Å². The molecular formula is C11H13NO2. The summed E-state index contributed by atoms with van der Waals surface area (Å²) >= 11 is 0. The van der Waals surface area contributed by atoms with Crippen LogP contribution in [0.15, 0.2) is 11.8 Å². The molecule has 2 fully saturated rings. The van der Waals surface area contributed by atoms with Crippen LogP contribution in [0.4, 0.5) is 0 Å². The molecule has 0 aromatic heterocycles. The van der Waals surface area contributed by atoms with Crippen LogP contribution in [-0.4, -0.2) is 23.6 Å². The second kappa shape index (κ2) is 1.95. The molecule has 1 saturated carbocycles. The fraction of sp³-hybridized carbons (Fsp3) is 0.636. The molecule has 0 bridgehead atoms. The number of amides is 1. The fourth-order valence-corrected chi connectivity index (χ4v) is 3.30. The predicted octanol–water partition coefficient (Wildman–Crippen LogP) is 1.10. The highest BCUT2D eigenvalue weighted by Crippen LogP contribution is 2.75. The highest BCUT2D eigenvalue weighted by Gasteiger charge is 2.76. The number of piperidine rings is 1. The maximum Gasteiger partial charge on any atom is 0.233 e. The van der Waals surface area contributed by atoms with Gasteiger partial charge in [0.05, 0.1) is 5.41 Å². The Morgan fingerprint density at radius 2 is 2.14 bits per heavy atom. The van der Waals surface area contributed by atoms with Crippen molar-refractivity contribution in [2.75, 3.05) is 7.05 Å². The summed E-state index contributed by atoms with van der Waals surface area (Å²) in [6.07, 6.45) is 4.10. The summed E-state index contributed by atoms with van der Waals surface area (Å²) in [5, 5.41) is 0. The normalized spacial score (nSPS) is 44.7. The number of hydrogen-bond donors (Lipinski definition) is 0. The van der Waals surface area contributed by atoms with Gasteiger partial charge in [-0.15, -0.1) is 0 Å². The van der Waals surface area contributed by atoms with Crippen LogP contribution in [0, 0.1) is 10.8 Å². The zero-order valence-electron chi connectivity index (χ0n) is 8.46. The van der Waals surface area contributed by atoms with Crippen molar-refractivity contribution in [3.05, 3.63) is 11.8 Å². The van der Waals surface area contributed by atoms with E-state index < -0.39 is 0 Å². The van der Waals surface area contributed by atoms with E-state index in [0.29, 0.717) is 6.42 Å². The number of likely N-dealkylation sites (tertiary alicyclic amines) is 1. The summed E-state index contributed by atoms with van der Waals surface area (Å²) in [6, 6.07) is 0. The van der Waals surface area contributed by atoms with Crippen LogP contribution in [0.3, 0.4) is 0 Å². The van der Waals surface area contributed by atoms with Gasteiger partial charge in [0.1, 0.15) is 0 Å². The number of carbonyl (C=O) groups is 2. The maximum absolute atomic E-state index is 11.9. The third-order valence-electron chi connectivity index (χ3n) is 4.31.